The molecule has 0 N–H and O–H groups in total. The van der Waals surface area contributed by atoms with Gasteiger partial charge in [0.1, 0.15) is 5.82 Å². The Balaban J connectivity index is 1.62. The zero-order valence-corrected chi connectivity index (χ0v) is 18.1. The van der Waals surface area contributed by atoms with Crippen LogP contribution in [0.3, 0.4) is 0 Å². The first-order valence-corrected chi connectivity index (χ1v) is 11.1. The van der Waals surface area contributed by atoms with Crippen molar-refractivity contribution in [2.45, 2.75) is 58.0 Å². The summed E-state index contributed by atoms with van der Waals surface area (Å²) in [6, 6.07) is 0. The van der Waals surface area contributed by atoms with Crippen LogP contribution in [0, 0.1) is 6.92 Å². The lowest BCUT2D eigenvalue weighted by Gasteiger charge is -2.34. The fraction of sp³-hybridized carbons (Fsp3) is 0.773. The second-order valence-corrected chi connectivity index (χ2v) is 8.24. The third-order valence-corrected chi connectivity index (χ3v) is 5.93. The molecule has 162 valence electrons. The average Bonchev–Trinajstić information content (AvgIpc) is 3.01. The molecular weight excluding hydrogens is 368 g/mol. The summed E-state index contributed by atoms with van der Waals surface area (Å²) < 4.78 is 10.8. The van der Waals surface area contributed by atoms with Crippen molar-refractivity contribution in [2.24, 2.45) is 0 Å². The van der Waals surface area contributed by atoms with Gasteiger partial charge in [-0.05, 0) is 45.7 Å². The molecule has 2 fully saturated rings. The highest BCUT2D eigenvalue weighted by atomic mass is 16.5. The molecule has 0 aromatic carbocycles. The maximum absolute atomic E-state index is 13.0. The number of amides is 1. The van der Waals surface area contributed by atoms with Crippen molar-refractivity contribution in [3.8, 4) is 0 Å². The average molecular weight is 405 g/mol. The van der Waals surface area contributed by atoms with E-state index in [0.29, 0.717) is 26.4 Å². The number of hydrogen-bond donors (Lipinski definition) is 0. The van der Waals surface area contributed by atoms with E-state index in [4.69, 9.17) is 14.5 Å². The van der Waals surface area contributed by atoms with Crippen LogP contribution in [-0.4, -0.2) is 78.7 Å². The number of carbonyl (C=O) groups is 1. The van der Waals surface area contributed by atoms with E-state index in [-0.39, 0.29) is 11.8 Å². The van der Waals surface area contributed by atoms with Gasteiger partial charge >= 0.3 is 0 Å². The first-order valence-electron chi connectivity index (χ1n) is 11.1. The van der Waals surface area contributed by atoms with Crippen molar-refractivity contribution < 1.29 is 14.3 Å². The van der Waals surface area contributed by atoms with E-state index >= 15 is 0 Å². The van der Waals surface area contributed by atoms with Crippen LogP contribution >= 0.6 is 0 Å². The summed E-state index contributed by atoms with van der Waals surface area (Å²) in [6.45, 7) is 7.79. The molecule has 7 heteroatoms. The quantitative estimate of drug-likeness (QED) is 0.620. The third-order valence-electron chi connectivity index (χ3n) is 5.93. The van der Waals surface area contributed by atoms with Gasteiger partial charge in [0.15, 0.2) is 0 Å². The van der Waals surface area contributed by atoms with Gasteiger partial charge in [-0.3, -0.25) is 9.69 Å². The zero-order valence-electron chi connectivity index (χ0n) is 18.1. The summed E-state index contributed by atoms with van der Waals surface area (Å²) in [7, 11) is 1.67. The number of aryl methyl sites for hydroxylation is 1. The number of ether oxygens (including phenoxy) is 2. The van der Waals surface area contributed by atoms with Gasteiger partial charge in [-0.2, -0.15) is 0 Å². The molecule has 2 aliphatic rings. The van der Waals surface area contributed by atoms with Gasteiger partial charge in [0, 0.05) is 37.9 Å². The van der Waals surface area contributed by atoms with E-state index < -0.39 is 0 Å². The maximum Gasteiger partial charge on any atom is 0.236 e. The SMILES string of the molecule is COCCOCc1cnc(C)nc1C1CCCN(C(=O)CN2CCCCCC2)C1. The molecule has 1 amide bonds. The molecule has 1 aromatic heterocycles. The van der Waals surface area contributed by atoms with Crippen LogP contribution < -0.4 is 0 Å². The lowest BCUT2D eigenvalue weighted by Crippen LogP contribution is -2.45. The van der Waals surface area contributed by atoms with Crippen LogP contribution in [0.2, 0.25) is 0 Å². The van der Waals surface area contributed by atoms with E-state index in [9.17, 15) is 4.79 Å². The number of nitrogens with zero attached hydrogens (tertiary/aromatic N) is 4. The summed E-state index contributed by atoms with van der Waals surface area (Å²) in [4.78, 5) is 26.5. The molecule has 0 spiro atoms. The third kappa shape index (κ3) is 6.73. The minimum absolute atomic E-state index is 0.250. The van der Waals surface area contributed by atoms with Crippen LogP contribution in [0.25, 0.3) is 0 Å². The van der Waals surface area contributed by atoms with Gasteiger partial charge in [0.05, 0.1) is 32.1 Å². The van der Waals surface area contributed by atoms with Crippen LogP contribution in [0.5, 0.6) is 0 Å². The Kier molecular flexibility index (Phi) is 8.83. The zero-order chi connectivity index (χ0) is 20.5. The fourth-order valence-corrected chi connectivity index (χ4v) is 4.31. The maximum atomic E-state index is 13.0. The van der Waals surface area contributed by atoms with Gasteiger partial charge < -0.3 is 14.4 Å². The molecular formula is C22H36N4O3. The highest BCUT2D eigenvalue weighted by molar-refractivity contribution is 5.78. The van der Waals surface area contributed by atoms with Crippen molar-refractivity contribution in [3.63, 3.8) is 0 Å². The second-order valence-electron chi connectivity index (χ2n) is 8.24. The lowest BCUT2D eigenvalue weighted by molar-refractivity contribution is -0.133. The predicted molar refractivity (Wildman–Crippen MR) is 112 cm³/mol. The van der Waals surface area contributed by atoms with Gasteiger partial charge in [-0.25, -0.2) is 9.97 Å². The van der Waals surface area contributed by atoms with Crippen molar-refractivity contribution >= 4 is 5.91 Å². The summed E-state index contributed by atoms with van der Waals surface area (Å²) in [5.41, 5.74) is 2.07. The van der Waals surface area contributed by atoms with E-state index in [1.165, 1.54) is 25.7 Å². The largest absolute Gasteiger partial charge is 0.382 e. The van der Waals surface area contributed by atoms with E-state index in [1.807, 2.05) is 18.0 Å². The Labute approximate surface area is 174 Å². The van der Waals surface area contributed by atoms with Crippen molar-refractivity contribution in [3.05, 3.63) is 23.3 Å². The number of piperidine rings is 1. The molecule has 0 saturated carbocycles. The number of rotatable bonds is 8. The van der Waals surface area contributed by atoms with Gasteiger partial charge in [-0.1, -0.05) is 12.8 Å². The Bertz CT molecular complexity index is 647. The molecule has 0 aliphatic carbocycles. The lowest BCUT2D eigenvalue weighted by atomic mass is 9.92. The first kappa shape index (κ1) is 22.1. The highest BCUT2D eigenvalue weighted by Gasteiger charge is 2.28. The Morgan fingerprint density at radius 2 is 1.93 bits per heavy atom. The number of hydrogen-bond acceptors (Lipinski definition) is 6. The van der Waals surface area contributed by atoms with E-state index in [1.54, 1.807) is 7.11 Å². The molecule has 2 saturated heterocycles. The first-order chi connectivity index (χ1) is 14.2. The molecule has 0 radical (unpaired) electrons. The van der Waals surface area contributed by atoms with Crippen LogP contribution in [0.4, 0.5) is 0 Å². The molecule has 1 aromatic rings. The summed E-state index contributed by atoms with van der Waals surface area (Å²) in [6.07, 6.45) is 8.95. The second kappa shape index (κ2) is 11.6. The molecule has 3 heterocycles. The van der Waals surface area contributed by atoms with Crippen LogP contribution in [0.1, 0.15) is 61.5 Å². The minimum atomic E-state index is 0.250. The van der Waals surface area contributed by atoms with Crippen LogP contribution in [0.15, 0.2) is 6.20 Å². The fourth-order valence-electron chi connectivity index (χ4n) is 4.31. The normalized spacial score (nSPS) is 21.2. The van der Waals surface area contributed by atoms with Gasteiger partial charge in [0.25, 0.3) is 0 Å². The number of likely N-dealkylation sites (tertiary alicyclic amines) is 2. The number of aromatic nitrogens is 2. The molecule has 3 rings (SSSR count). The Hall–Kier alpha value is -1.57. The smallest absolute Gasteiger partial charge is 0.236 e. The summed E-state index contributed by atoms with van der Waals surface area (Å²) in [5, 5.41) is 0. The minimum Gasteiger partial charge on any atom is -0.382 e. The van der Waals surface area contributed by atoms with Crippen molar-refractivity contribution in [1.82, 2.24) is 19.8 Å². The molecule has 7 nitrogen and oxygen atoms in total. The van der Waals surface area contributed by atoms with Gasteiger partial charge in [0.2, 0.25) is 5.91 Å². The number of methoxy groups -OCH3 is 1. The molecule has 1 unspecified atom stereocenters. The molecule has 1 atom stereocenters. The monoisotopic (exact) mass is 404 g/mol. The summed E-state index contributed by atoms with van der Waals surface area (Å²) in [5.74, 6) is 1.29. The van der Waals surface area contributed by atoms with Gasteiger partial charge in [-0.15, -0.1) is 0 Å². The summed E-state index contributed by atoms with van der Waals surface area (Å²) >= 11 is 0. The number of carbonyl (C=O) groups excluding carboxylic acids is 1. The Morgan fingerprint density at radius 3 is 2.69 bits per heavy atom. The standard InChI is InChI=1S/C22H36N4O3/c1-18-23-14-20(17-29-13-12-28-2)22(24-18)19-8-7-11-26(15-19)21(27)16-25-9-5-3-4-6-10-25/h14,19H,3-13,15-17H2,1-2H3. The van der Waals surface area contributed by atoms with Crippen LogP contribution in [-0.2, 0) is 20.9 Å². The molecule has 29 heavy (non-hydrogen) atoms. The van der Waals surface area contributed by atoms with E-state index in [2.05, 4.69) is 9.88 Å². The molecule has 2 aliphatic heterocycles. The topological polar surface area (TPSA) is 67.8 Å². The van der Waals surface area contributed by atoms with Crippen molar-refractivity contribution in [1.29, 1.82) is 0 Å². The predicted octanol–water partition coefficient (Wildman–Crippen LogP) is 2.53. The highest BCUT2D eigenvalue weighted by Crippen LogP contribution is 2.28. The van der Waals surface area contributed by atoms with E-state index in [0.717, 1.165) is 56.1 Å². The Morgan fingerprint density at radius 1 is 1.14 bits per heavy atom. The van der Waals surface area contributed by atoms with Crippen molar-refractivity contribution in [2.75, 3.05) is 53.0 Å². The molecule has 0 bridgehead atoms.